The van der Waals surface area contributed by atoms with Crippen LogP contribution in [0, 0.1) is 6.92 Å². The van der Waals surface area contributed by atoms with Crippen molar-refractivity contribution in [2.75, 3.05) is 11.9 Å². The quantitative estimate of drug-likeness (QED) is 0.338. The summed E-state index contributed by atoms with van der Waals surface area (Å²) in [6.07, 6.45) is 1.43. The van der Waals surface area contributed by atoms with E-state index in [1.807, 2.05) is 30.8 Å². The van der Waals surface area contributed by atoms with Crippen molar-refractivity contribution in [3.05, 3.63) is 45.1 Å². The van der Waals surface area contributed by atoms with Crippen LogP contribution in [0.4, 0.5) is 5.13 Å². The monoisotopic (exact) mass is 485 g/mol. The molecular formula is C19H21Cl2N5O2S2. The molecule has 160 valence electrons. The molecule has 0 saturated carbocycles. The van der Waals surface area contributed by atoms with Crippen LogP contribution in [0.3, 0.4) is 0 Å². The van der Waals surface area contributed by atoms with Gasteiger partial charge >= 0.3 is 0 Å². The van der Waals surface area contributed by atoms with Crippen LogP contribution in [0.15, 0.2) is 28.7 Å². The van der Waals surface area contributed by atoms with Gasteiger partial charge in [-0.3, -0.25) is 4.79 Å². The fourth-order valence-electron chi connectivity index (χ4n) is 2.50. The normalized spacial score (nSPS) is 12.0. The molecule has 1 N–H and O–H groups in total. The summed E-state index contributed by atoms with van der Waals surface area (Å²) in [5, 5.41) is 15.2. The Hall–Kier alpha value is -1.81. The molecule has 3 rings (SSSR count). The summed E-state index contributed by atoms with van der Waals surface area (Å²) in [5.41, 5.74) is 0.885. The van der Waals surface area contributed by atoms with Gasteiger partial charge in [0.25, 0.3) is 0 Å². The highest BCUT2D eigenvalue weighted by molar-refractivity contribution is 8.00. The topological polar surface area (TPSA) is 81.9 Å². The van der Waals surface area contributed by atoms with Crippen LogP contribution in [0.1, 0.15) is 24.9 Å². The lowest BCUT2D eigenvalue weighted by atomic mass is 10.3. The second kappa shape index (κ2) is 10.5. The number of carbonyl (C=O) groups excluding carboxylic acids is 1. The third-order valence-electron chi connectivity index (χ3n) is 4.12. The molecule has 1 atom stereocenters. The van der Waals surface area contributed by atoms with Gasteiger partial charge < -0.3 is 14.6 Å². The van der Waals surface area contributed by atoms with Gasteiger partial charge in [-0.05, 0) is 38.5 Å². The van der Waals surface area contributed by atoms with E-state index in [0.717, 1.165) is 17.9 Å². The second-order valence-corrected chi connectivity index (χ2v) is 9.54. The minimum atomic E-state index is -0.333. The maximum Gasteiger partial charge on any atom is 0.239 e. The molecule has 0 aliphatic carbocycles. The number of benzene rings is 1. The highest BCUT2D eigenvalue weighted by Crippen LogP contribution is 2.28. The molecule has 0 aliphatic rings. The number of hydrogen-bond donors (Lipinski definition) is 1. The standard InChI is InChI=1S/C19H21Cl2N5O2S2/c1-11-10-29-18(22-11)23-17(27)12(2)30-19-25-24-16(26(19)3)5-4-8-28-15-7-6-13(20)9-14(15)21/h6-7,9-10,12H,4-5,8H2,1-3H3,(H,22,23,27)/t12-/m0/s1. The average molecular weight is 486 g/mol. The maximum atomic E-state index is 12.4. The zero-order valence-electron chi connectivity index (χ0n) is 16.7. The van der Waals surface area contributed by atoms with Crippen molar-refractivity contribution in [3.63, 3.8) is 0 Å². The number of aromatic nitrogens is 4. The van der Waals surface area contributed by atoms with Gasteiger partial charge in [0.2, 0.25) is 5.91 Å². The minimum absolute atomic E-state index is 0.118. The number of aryl methyl sites for hydroxylation is 2. The molecule has 0 spiro atoms. The number of thiazole rings is 1. The molecule has 1 amide bonds. The number of amides is 1. The van der Waals surface area contributed by atoms with Gasteiger partial charge in [0.05, 0.1) is 22.6 Å². The van der Waals surface area contributed by atoms with Crippen molar-refractivity contribution in [2.45, 2.75) is 37.1 Å². The summed E-state index contributed by atoms with van der Waals surface area (Å²) < 4.78 is 7.60. The fourth-order valence-corrected chi connectivity index (χ4v) is 4.49. The first-order valence-electron chi connectivity index (χ1n) is 9.19. The lowest BCUT2D eigenvalue weighted by Crippen LogP contribution is -2.22. The SMILES string of the molecule is Cc1csc(NC(=O)[C@H](C)Sc2nnc(CCCOc3ccc(Cl)cc3Cl)n2C)n1. The first-order chi connectivity index (χ1) is 14.3. The summed E-state index contributed by atoms with van der Waals surface area (Å²) in [5.74, 6) is 1.31. The summed E-state index contributed by atoms with van der Waals surface area (Å²) in [4.78, 5) is 16.6. The highest BCUT2D eigenvalue weighted by atomic mass is 35.5. The largest absolute Gasteiger partial charge is 0.492 e. The molecule has 0 saturated heterocycles. The summed E-state index contributed by atoms with van der Waals surface area (Å²) in [6.45, 7) is 4.21. The molecule has 0 aliphatic heterocycles. The Bertz CT molecular complexity index is 1020. The van der Waals surface area contributed by atoms with Gasteiger partial charge in [-0.25, -0.2) is 4.98 Å². The lowest BCUT2D eigenvalue weighted by Gasteiger charge is -2.10. The van der Waals surface area contributed by atoms with Crippen molar-refractivity contribution in [3.8, 4) is 5.75 Å². The second-order valence-electron chi connectivity index (χ2n) is 6.53. The highest BCUT2D eigenvalue weighted by Gasteiger charge is 2.19. The Kier molecular flexibility index (Phi) is 7.99. The molecule has 0 bridgehead atoms. The van der Waals surface area contributed by atoms with Crippen molar-refractivity contribution < 1.29 is 9.53 Å². The van der Waals surface area contributed by atoms with E-state index in [0.29, 0.717) is 39.1 Å². The number of halogens is 2. The molecule has 0 radical (unpaired) electrons. The number of hydrogen-bond acceptors (Lipinski definition) is 7. The molecule has 1 aromatic carbocycles. The van der Waals surface area contributed by atoms with Crippen molar-refractivity contribution in [2.24, 2.45) is 7.05 Å². The molecule has 2 heterocycles. The number of anilines is 1. The molecule has 2 aromatic heterocycles. The zero-order chi connectivity index (χ0) is 21.7. The zero-order valence-corrected chi connectivity index (χ0v) is 19.8. The van der Waals surface area contributed by atoms with Gasteiger partial charge in [-0.15, -0.1) is 21.5 Å². The Balaban J connectivity index is 1.48. The first kappa shape index (κ1) is 22.9. The maximum absolute atomic E-state index is 12.4. The van der Waals surface area contributed by atoms with Crippen LogP contribution < -0.4 is 10.1 Å². The first-order valence-corrected chi connectivity index (χ1v) is 11.7. The third kappa shape index (κ3) is 6.10. The molecule has 11 heteroatoms. The number of carbonyl (C=O) groups is 1. The van der Waals surface area contributed by atoms with Gasteiger partial charge in [0.15, 0.2) is 10.3 Å². The summed E-state index contributed by atoms with van der Waals surface area (Å²) >= 11 is 14.8. The summed E-state index contributed by atoms with van der Waals surface area (Å²) in [6, 6.07) is 5.14. The van der Waals surface area contributed by atoms with Crippen molar-refractivity contribution >= 4 is 57.3 Å². The predicted molar refractivity (Wildman–Crippen MR) is 122 cm³/mol. The van der Waals surface area contributed by atoms with E-state index in [1.165, 1.54) is 23.1 Å². The third-order valence-corrected chi connectivity index (χ3v) is 6.66. The van der Waals surface area contributed by atoms with Gasteiger partial charge in [-0.1, -0.05) is 35.0 Å². The van der Waals surface area contributed by atoms with E-state index in [9.17, 15) is 4.79 Å². The molecule has 0 fully saturated rings. The fraction of sp³-hybridized carbons (Fsp3) is 0.368. The number of nitrogens with zero attached hydrogens (tertiary/aromatic N) is 4. The van der Waals surface area contributed by atoms with E-state index in [-0.39, 0.29) is 11.2 Å². The van der Waals surface area contributed by atoms with Crippen LogP contribution in [-0.2, 0) is 18.3 Å². The van der Waals surface area contributed by atoms with Crippen molar-refractivity contribution in [1.29, 1.82) is 0 Å². The predicted octanol–water partition coefficient (Wildman–Crippen LogP) is 5.02. The molecule has 3 aromatic rings. The van der Waals surface area contributed by atoms with E-state index in [2.05, 4.69) is 20.5 Å². The van der Waals surface area contributed by atoms with E-state index in [4.69, 9.17) is 27.9 Å². The van der Waals surface area contributed by atoms with Crippen LogP contribution in [0.2, 0.25) is 10.0 Å². The number of thioether (sulfide) groups is 1. The summed E-state index contributed by atoms with van der Waals surface area (Å²) in [7, 11) is 1.89. The molecule has 7 nitrogen and oxygen atoms in total. The smallest absolute Gasteiger partial charge is 0.239 e. The van der Waals surface area contributed by atoms with Crippen molar-refractivity contribution in [1.82, 2.24) is 19.7 Å². The van der Waals surface area contributed by atoms with E-state index >= 15 is 0 Å². The number of nitrogens with one attached hydrogen (secondary N) is 1. The van der Waals surface area contributed by atoms with Gasteiger partial charge in [0.1, 0.15) is 11.6 Å². The minimum Gasteiger partial charge on any atom is -0.492 e. The molecule has 0 unspecified atom stereocenters. The Morgan fingerprint density at radius 3 is 2.87 bits per heavy atom. The Morgan fingerprint density at radius 1 is 1.37 bits per heavy atom. The Morgan fingerprint density at radius 2 is 2.17 bits per heavy atom. The average Bonchev–Trinajstić information content (AvgIpc) is 3.26. The van der Waals surface area contributed by atoms with Crippen LogP contribution in [0.25, 0.3) is 0 Å². The van der Waals surface area contributed by atoms with Crippen LogP contribution >= 0.6 is 46.3 Å². The van der Waals surface area contributed by atoms with Gasteiger partial charge in [-0.2, -0.15) is 0 Å². The van der Waals surface area contributed by atoms with Crippen LogP contribution in [0.5, 0.6) is 5.75 Å². The van der Waals surface area contributed by atoms with Gasteiger partial charge in [0, 0.05) is 23.9 Å². The Labute approximate surface area is 193 Å². The van der Waals surface area contributed by atoms with E-state index in [1.54, 1.807) is 18.2 Å². The lowest BCUT2D eigenvalue weighted by molar-refractivity contribution is -0.115. The number of ether oxygens (including phenoxy) is 1. The van der Waals surface area contributed by atoms with Crippen LogP contribution in [-0.4, -0.2) is 37.5 Å². The number of rotatable bonds is 9. The molecular weight excluding hydrogens is 465 g/mol. The molecule has 30 heavy (non-hydrogen) atoms. The van der Waals surface area contributed by atoms with E-state index < -0.39 is 0 Å².